The van der Waals surface area contributed by atoms with Crippen LogP contribution < -0.4 is 0 Å². The molecule has 3 unspecified atom stereocenters. The van der Waals surface area contributed by atoms with E-state index in [9.17, 15) is 14.4 Å². The van der Waals surface area contributed by atoms with Crippen molar-refractivity contribution in [3.05, 3.63) is 12.2 Å². The van der Waals surface area contributed by atoms with E-state index < -0.39 is 5.97 Å². The smallest absolute Gasteiger partial charge is 0.333 e. The van der Waals surface area contributed by atoms with Gasteiger partial charge in [0.05, 0.1) is 6.10 Å². The van der Waals surface area contributed by atoms with E-state index in [1.807, 2.05) is 6.92 Å². The molecule has 96 valence electrons. The van der Waals surface area contributed by atoms with Crippen molar-refractivity contribution in [3.8, 4) is 0 Å². The van der Waals surface area contributed by atoms with Gasteiger partial charge in [-0.3, -0.25) is 0 Å². The van der Waals surface area contributed by atoms with Gasteiger partial charge in [-0.2, -0.15) is 0 Å². The van der Waals surface area contributed by atoms with E-state index in [0.717, 1.165) is 12.6 Å². The molecule has 0 aliphatic carbocycles. The molecule has 17 heavy (non-hydrogen) atoms. The number of carbonyl (C=O) groups excluding carboxylic acids is 3. The topological polar surface area (TPSA) is 60.4 Å². The van der Waals surface area contributed by atoms with Crippen molar-refractivity contribution >= 4 is 18.5 Å². The quantitative estimate of drug-likeness (QED) is 0.369. The second-order valence-corrected chi connectivity index (χ2v) is 4.41. The molecule has 0 bridgehead atoms. The molecule has 0 aliphatic rings. The highest BCUT2D eigenvalue weighted by Crippen LogP contribution is 2.19. The van der Waals surface area contributed by atoms with Crippen LogP contribution in [0.4, 0.5) is 0 Å². The highest BCUT2D eigenvalue weighted by Gasteiger charge is 2.20. The molecule has 4 nitrogen and oxygen atoms in total. The number of esters is 1. The van der Waals surface area contributed by atoms with Crippen molar-refractivity contribution in [3.63, 3.8) is 0 Å². The lowest BCUT2D eigenvalue weighted by Gasteiger charge is -2.21. The van der Waals surface area contributed by atoms with E-state index in [2.05, 4.69) is 6.58 Å². The van der Waals surface area contributed by atoms with Gasteiger partial charge in [0, 0.05) is 17.9 Å². The summed E-state index contributed by atoms with van der Waals surface area (Å²) >= 11 is 0. The lowest BCUT2D eigenvalue weighted by atomic mass is 9.88. The third-order valence-corrected chi connectivity index (χ3v) is 2.63. The molecule has 0 fully saturated rings. The monoisotopic (exact) mass is 240 g/mol. The van der Waals surface area contributed by atoms with Crippen LogP contribution >= 0.6 is 0 Å². The molecule has 3 atom stereocenters. The maximum absolute atomic E-state index is 11.3. The van der Waals surface area contributed by atoms with Crippen LogP contribution in [0.15, 0.2) is 12.2 Å². The standard InChI is InChI=1S/C13H20O4/c1-9(2)13(16)17-11(4)7-10(3)12(8-15)5-6-14/h6,8,10-12H,1,5,7H2,2-4H3. The van der Waals surface area contributed by atoms with E-state index in [1.54, 1.807) is 13.8 Å². The number of aldehydes is 2. The SMILES string of the molecule is C=C(C)C(=O)OC(C)CC(C)C(C=O)CC=O. The van der Waals surface area contributed by atoms with Crippen LogP contribution in [-0.2, 0) is 19.1 Å². The van der Waals surface area contributed by atoms with Crippen molar-refractivity contribution in [2.24, 2.45) is 11.8 Å². The first-order valence-electron chi connectivity index (χ1n) is 5.67. The van der Waals surface area contributed by atoms with E-state index in [4.69, 9.17) is 4.74 Å². The fourth-order valence-corrected chi connectivity index (χ4v) is 1.56. The Hall–Kier alpha value is -1.45. The average Bonchev–Trinajstić information content (AvgIpc) is 2.24. The lowest BCUT2D eigenvalue weighted by Crippen LogP contribution is -2.22. The highest BCUT2D eigenvalue weighted by molar-refractivity contribution is 5.87. The van der Waals surface area contributed by atoms with Crippen molar-refractivity contribution in [2.75, 3.05) is 0 Å². The molecule has 0 saturated carbocycles. The minimum Gasteiger partial charge on any atom is -0.459 e. The first kappa shape index (κ1) is 15.6. The summed E-state index contributed by atoms with van der Waals surface area (Å²) in [6.07, 6.45) is 2.00. The first-order chi connectivity index (χ1) is 7.92. The van der Waals surface area contributed by atoms with E-state index in [1.165, 1.54) is 0 Å². The van der Waals surface area contributed by atoms with Crippen LogP contribution in [0.1, 0.15) is 33.6 Å². The van der Waals surface area contributed by atoms with E-state index in [-0.39, 0.29) is 24.4 Å². The Morgan fingerprint density at radius 2 is 1.94 bits per heavy atom. The van der Waals surface area contributed by atoms with Gasteiger partial charge < -0.3 is 14.3 Å². The van der Waals surface area contributed by atoms with Crippen LogP contribution in [0.2, 0.25) is 0 Å². The summed E-state index contributed by atoms with van der Waals surface area (Å²) in [5.41, 5.74) is 0.351. The van der Waals surface area contributed by atoms with Crippen LogP contribution in [0.5, 0.6) is 0 Å². The molecule has 0 rings (SSSR count). The molecule has 0 N–H and O–H groups in total. The summed E-state index contributed by atoms with van der Waals surface area (Å²) in [4.78, 5) is 32.4. The molecule has 0 heterocycles. The second kappa shape index (κ2) is 7.76. The van der Waals surface area contributed by atoms with Gasteiger partial charge in [-0.15, -0.1) is 0 Å². The Kier molecular flexibility index (Phi) is 7.10. The zero-order valence-corrected chi connectivity index (χ0v) is 10.6. The molecular formula is C13H20O4. The fourth-order valence-electron chi connectivity index (χ4n) is 1.56. The average molecular weight is 240 g/mol. The Morgan fingerprint density at radius 1 is 1.35 bits per heavy atom. The number of carbonyl (C=O) groups is 3. The molecular weight excluding hydrogens is 220 g/mol. The van der Waals surface area contributed by atoms with Gasteiger partial charge in [0.15, 0.2) is 0 Å². The first-order valence-corrected chi connectivity index (χ1v) is 5.67. The number of ether oxygens (including phenoxy) is 1. The molecule has 0 saturated heterocycles. The molecule has 0 radical (unpaired) electrons. The molecule has 0 aliphatic heterocycles. The maximum atomic E-state index is 11.3. The Morgan fingerprint density at radius 3 is 2.35 bits per heavy atom. The summed E-state index contributed by atoms with van der Waals surface area (Å²) in [7, 11) is 0. The largest absolute Gasteiger partial charge is 0.459 e. The molecule has 0 aromatic rings. The minimum absolute atomic E-state index is 0.00521. The lowest BCUT2D eigenvalue weighted by molar-refractivity contribution is -0.144. The molecule has 4 heteroatoms. The summed E-state index contributed by atoms with van der Waals surface area (Å²) in [6.45, 7) is 8.71. The summed E-state index contributed by atoms with van der Waals surface area (Å²) in [6, 6.07) is 0. The maximum Gasteiger partial charge on any atom is 0.333 e. The van der Waals surface area contributed by atoms with Crippen LogP contribution in [0.3, 0.4) is 0 Å². The van der Waals surface area contributed by atoms with E-state index in [0.29, 0.717) is 12.0 Å². The fraction of sp³-hybridized carbons (Fsp3) is 0.615. The zero-order chi connectivity index (χ0) is 13.4. The van der Waals surface area contributed by atoms with Crippen LogP contribution in [-0.4, -0.2) is 24.6 Å². The highest BCUT2D eigenvalue weighted by atomic mass is 16.5. The third kappa shape index (κ3) is 6.00. The van der Waals surface area contributed by atoms with Crippen molar-refractivity contribution in [1.29, 1.82) is 0 Å². The summed E-state index contributed by atoms with van der Waals surface area (Å²) < 4.78 is 5.11. The zero-order valence-electron chi connectivity index (χ0n) is 10.6. The predicted octanol–water partition coefficient (Wildman–Crippen LogP) is 1.92. The Bertz CT molecular complexity index is 296. The Labute approximate surface area is 102 Å². The molecule has 0 amide bonds. The normalized spacial score (nSPS) is 15.5. The van der Waals surface area contributed by atoms with Gasteiger partial charge in [-0.1, -0.05) is 13.5 Å². The molecule has 0 spiro atoms. The second-order valence-electron chi connectivity index (χ2n) is 4.41. The van der Waals surface area contributed by atoms with Gasteiger partial charge >= 0.3 is 5.97 Å². The summed E-state index contributed by atoms with van der Waals surface area (Å²) in [5.74, 6) is -0.730. The minimum atomic E-state index is -0.428. The summed E-state index contributed by atoms with van der Waals surface area (Å²) in [5, 5.41) is 0. The van der Waals surface area contributed by atoms with Crippen LogP contribution in [0.25, 0.3) is 0 Å². The van der Waals surface area contributed by atoms with Crippen molar-refractivity contribution in [1.82, 2.24) is 0 Å². The molecule has 0 aromatic carbocycles. The third-order valence-electron chi connectivity index (χ3n) is 2.63. The van der Waals surface area contributed by atoms with Gasteiger partial charge in [0.2, 0.25) is 0 Å². The van der Waals surface area contributed by atoms with Crippen molar-refractivity contribution in [2.45, 2.75) is 39.7 Å². The van der Waals surface area contributed by atoms with Gasteiger partial charge in [-0.05, 0) is 26.2 Å². The molecule has 0 aromatic heterocycles. The predicted molar refractivity (Wildman–Crippen MR) is 64.4 cm³/mol. The van der Waals surface area contributed by atoms with Gasteiger partial charge in [0.1, 0.15) is 12.6 Å². The van der Waals surface area contributed by atoms with E-state index >= 15 is 0 Å². The van der Waals surface area contributed by atoms with Gasteiger partial charge in [0.25, 0.3) is 0 Å². The number of rotatable bonds is 8. The van der Waals surface area contributed by atoms with Gasteiger partial charge in [-0.25, -0.2) is 4.79 Å². The van der Waals surface area contributed by atoms with Crippen LogP contribution in [0, 0.1) is 11.8 Å². The Balaban J connectivity index is 4.22. The number of hydrogen-bond acceptors (Lipinski definition) is 4. The van der Waals surface area contributed by atoms with Crippen molar-refractivity contribution < 1.29 is 19.1 Å². The number of hydrogen-bond donors (Lipinski definition) is 0.